The number of rotatable bonds is 6. The molecule has 0 aromatic heterocycles. The van der Waals surface area contributed by atoms with Crippen molar-refractivity contribution in [1.82, 2.24) is 0 Å². The number of carbonyl (C=O) groups excluding carboxylic acids is 1. The van der Waals surface area contributed by atoms with Crippen LogP contribution in [-0.4, -0.2) is 19.0 Å². The van der Waals surface area contributed by atoms with Crippen molar-refractivity contribution in [3.63, 3.8) is 0 Å². The van der Waals surface area contributed by atoms with Crippen LogP contribution in [0, 0.1) is 6.92 Å². The molecule has 0 amide bonds. The fraction of sp³-hybridized carbons (Fsp3) is 0.235. The van der Waals surface area contributed by atoms with Crippen LogP contribution >= 0.6 is 0 Å². The molecule has 0 fully saturated rings. The number of ketones is 1. The van der Waals surface area contributed by atoms with Crippen molar-refractivity contribution in [2.24, 2.45) is 0 Å². The fourth-order valence-corrected chi connectivity index (χ4v) is 1.81. The normalized spacial score (nSPS) is 10.1. The van der Waals surface area contributed by atoms with E-state index in [0.717, 1.165) is 5.56 Å². The second kappa shape index (κ2) is 6.75. The Balaban J connectivity index is 2.01. The molecule has 2 rings (SSSR count). The van der Waals surface area contributed by atoms with Crippen LogP contribution in [0.1, 0.15) is 22.8 Å². The zero-order valence-electron chi connectivity index (χ0n) is 11.8. The van der Waals surface area contributed by atoms with Crippen LogP contribution in [0.15, 0.2) is 48.5 Å². The summed E-state index contributed by atoms with van der Waals surface area (Å²) in [7, 11) is 0. The average Bonchev–Trinajstić information content (AvgIpc) is 2.47. The van der Waals surface area contributed by atoms with Crippen LogP contribution < -0.4 is 9.47 Å². The summed E-state index contributed by atoms with van der Waals surface area (Å²) in [5.41, 5.74) is 1.79. The predicted octanol–water partition coefficient (Wildman–Crippen LogP) is 3.66. The van der Waals surface area contributed by atoms with Gasteiger partial charge in [-0.1, -0.05) is 42.0 Å². The van der Waals surface area contributed by atoms with Gasteiger partial charge in [-0.2, -0.15) is 0 Å². The van der Waals surface area contributed by atoms with Gasteiger partial charge in [0.2, 0.25) is 0 Å². The van der Waals surface area contributed by atoms with Gasteiger partial charge in [0.25, 0.3) is 0 Å². The molecule has 3 nitrogen and oxygen atoms in total. The quantitative estimate of drug-likeness (QED) is 0.751. The smallest absolute Gasteiger partial charge is 0.200 e. The van der Waals surface area contributed by atoms with Gasteiger partial charge in [0.15, 0.2) is 23.9 Å². The van der Waals surface area contributed by atoms with Gasteiger partial charge in [0.05, 0.1) is 6.61 Å². The van der Waals surface area contributed by atoms with E-state index in [1.165, 1.54) is 0 Å². The van der Waals surface area contributed by atoms with Crippen LogP contribution in [0.5, 0.6) is 11.5 Å². The van der Waals surface area contributed by atoms with Crippen LogP contribution in [0.25, 0.3) is 0 Å². The molecule has 0 unspecified atom stereocenters. The minimum absolute atomic E-state index is 0.00709. The summed E-state index contributed by atoms with van der Waals surface area (Å²) in [6, 6.07) is 14.8. The number of hydrogen-bond acceptors (Lipinski definition) is 3. The Morgan fingerprint density at radius 3 is 2.15 bits per heavy atom. The van der Waals surface area contributed by atoms with E-state index in [2.05, 4.69) is 0 Å². The maximum Gasteiger partial charge on any atom is 0.200 e. The van der Waals surface area contributed by atoms with E-state index < -0.39 is 0 Å². The Labute approximate surface area is 119 Å². The third kappa shape index (κ3) is 3.60. The predicted molar refractivity (Wildman–Crippen MR) is 78.6 cm³/mol. The number of benzene rings is 2. The van der Waals surface area contributed by atoms with Crippen LogP contribution in [-0.2, 0) is 0 Å². The molecule has 0 aliphatic carbocycles. The first-order valence-corrected chi connectivity index (χ1v) is 6.65. The van der Waals surface area contributed by atoms with Crippen LogP contribution in [0.2, 0.25) is 0 Å². The van der Waals surface area contributed by atoms with Gasteiger partial charge in [-0.25, -0.2) is 0 Å². The number of aryl methyl sites for hydroxylation is 1. The molecule has 0 N–H and O–H groups in total. The number of hydrogen-bond donors (Lipinski definition) is 0. The summed E-state index contributed by atoms with van der Waals surface area (Å²) in [4.78, 5) is 12.0. The van der Waals surface area contributed by atoms with Crippen molar-refractivity contribution in [3.8, 4) is 11.5 Å². The Bertz CT molecular complexity index is 573. The SMILES string of the molecule is CCOc1ccccc1OCC(=O)c1ccc(C)cc1. The largest absolute Gasteiger partial charge is 0.490 e. The highest BCUT2D eigenvalue weighted by atomic mass is 16.5. The molecule has 0 bridgehead atoms. The second-order valence-corrected chi connectivity index (χ2v) is 4.46. The number of para-hydroxylation sites is 2. The summed E-state index contributed by atoms with van der Waals surface area (Å²) in [5, 5.41) is 0. The third-order valence-corrected chi connectivity index (χ3v) is 2.88. The number of Topliss-reactive ketones (excluding diaryl/α,β-unsaturated/α-hetero) is 1. The highest BCUT2D eigenvalue weighted by molar-refractivity contribution is 5.97. The van der Waals surface area contributed by atoms with E-state index in [1.807, 2.05) is 56.3 Å². The lowest BCUT2D eigenvalue weighted by molar-refractivity contribution is 0.0919. The molecule has 0 radical (unpaired) electrons. The molecule has 0 aliphatic rings. The van der Waals surface area contributed by atoms with E-state index in [4.69, 9.17) is 9.47 Å². The van der Waals surface area contributed by atoms with Gasteiger partial charge in [-0.05, 0) is 26.0 Å². The molecular weight excluding hydrogens is 252 g/mol. The Morgan fingerprint density at radius 1 is 0.950 bits per heavy atom. The van der Waals surface area contributed by atoms with E-state index in [0.29, 0.717) is 23.7 Å². The highest BCUT2D eigenvalue weighted by Crippen LogP contribution is 2.26. The molecule has 2 aromatic carbocycles. The molecule has 0 spiro atoms. The maximum absolute atomic E-state index is 12.0. The van der Waals surface area contributed by atoms with Gasteiger partial charge < -0.3 is 9.47 Å². The van der Waals surface area contributed by atoms with Crippen LogP contribution in [0.4, 0.5) is 0 Å². The van der Waals surface area contributed by atoms with Gasteiger partial charge in [0.1, 0.15) is 0 Å². The van der Waals surface area contributed by atoms with E-state index in [-0.39, 0.29) is 12.4 Å². The lowest BCUT2D eigenvalue weighted by atomic mass is 10.1. The highest BCUT2D eigenvalue weighted by Gasteiger charge is 2.09. The third-order valence-electron chi connectivity index (χ3n) is 2.88. The first-order valence-electron chi connectivity index (χ1n) is 6.65. The van der Waals surface area contributed by atoms with E-state index in [1.54, 1.807) is 6.07 Å². The summed E-state index contributed by atoms with van der Waals surface area (Å²) in [6.45, 7) is 4.47. The first-order chi connectivity index (χ1) is 9.70. The summed E-state index contributed by atoms with van der Waals surface area (Å²) < 4.78 is 11.0. The maximum atomic E-state index is 12.0. The Morgan fingerprint density at radius 2 is 1.55 bits per heavy atom. The molecular formula is C17H18O3. The van der Waals surface area contributed by atoms with Crippen molar-refractivity contribution in [2.45, 2.75) is 13.8 Å². The topological polar surface area (TPSA) is 35.5 Å². The minimum Gasteiger partial charge on any atom is -0.490 e. The Hall–Kier alpha value is -2.29. The minimum atomic E-state index is -0.0451. The lowest BCUT2D eigenvalue weighted by Crippen LogP contribution is -2.12. The standard InChI is InChI=1S/C17H18O3/c1-3-19-16-6-4-5-7-17(16)20-12-15(18)14-10-8-13(2)9-11-14/h4-11H,3,12H2,1-2H3. The molecule has 0 heterocycles. The Kier molecular flexibility index (Phi) is 4.77. The van der Waals surface area contributed by atoms with Gasteiger partial charge >= 0.3 is 0 Å². The van der Waals surface area contributed by atoms with Gasteiger partial charge in [-0.3, -0.25) is 4.79 Å². The molecule has 3 heteroatoms. The molecule has 0 saturated heterocycles. The second-order valence-electron chi connectivity index (χ2n) is 4.46. The van der Waals surface area contributed by atoms with E-state index >= 15 is 0 Å². The molecule has 0 aliphatic heterocycles. The summed E-state index contributed by atoms with van der Waals surface area (Å²) >= 11 is 0. The zero-order valence-corrected chi connectivity index (χ0v) is 11.8. The molecule has 104 valence electrons. The first kappa shape index (κ1) is 14.1. The van der Waals surface area contributed by atoms with Gasteiger partial charge in [-0.15, -0.1) is 0 Å². The van der Waals surface area contributed by atoms with Crippen LogP contribution in [0.3, 0.4) is 0 Å². The average molecular weight is 270 g/mol. The fourth-order valence-electron chi connectivity index (χ4n) is 1.81. The van der Waals surface area contributed by atoms with E-state index in [9.17, 15) is 4.79 Å². The molecule has 0 atom stereocenters. The summed E-state index contributed by atoms with van der Waals surface area (Å²) in [5.74, 6) is 1.21. The molecule has 2 aromatic rings. The summed E-state index contributed by atoms with van der Waals surface area (Å²) in [6.07, 6.45) is 0. The van der Waals surface area contributed by atoms with Crippen molar-refractivity contribution < 1.29 is 14.3 Å². The van der Waals surface area contributed by atoms with Crippen molar-refractivity contribution >= 4 is 5.78 Å². The van der Waals surface area contributed by atoms with Crippen molar-refractivity contribution in [1.29, 1.82) is 0 Å². The van der Waals surface area contributed by atoms with Crippen molar-refractivity contribution in [2.75, 3.05) is 13.2 Å². The number of carbonyl (C=O) groups is 1. The monoisotopic (exact) mass is 270 g/mol. The zero-order chi connectivity index (χ0) is 14.4. The van der Waals surface area contributed by atoms with Gasteiger partial charge in [0, 0.05) is 5.56 Å². The number of ether oxygens (including phenoxy) is 2. The lowest BCUT2D eigenvalue weighted by Gasteiger charge is -2.11. The molecule has 20 heavy (non-hydrogen) atoms. The van der Waals surface area contributed by atoms with Crippen molar-refractivity contribution in [3.05, 3.63) is 59.7 Å². The molecule has 0 saturated carbocycles.